The second-order valence-corrected chi connectivity index (χ2v) is 5.48. The van der Waals surface area contributed by atoms with Crippen LogP contribution in [0.15, 0.2) is 0 Å². The fourth-order valence-corrected chi connectivity index (χ4v) is 2.38. The van der Waals surface area contributed by atoms with Crippen molar-refractivity contribution in [3.63, 3.8) is 0 Å². The van der Waals surface area contributed by atoms with E-state index in [4.69, 9.17) is 4.74 Å². The molecule has 1 aliphatic heterocycles. The molecule has 18 heavy (non-hydrogen) atoms. The van der Waals surface area contributed by atoms with Crippen molar-refractivity contribution in [3.05, 3.63) is 0 Å². The summed E-state index contributed by atoms with van der Waals surface area (Å²) < 4.78 is 5.49. The average Bonchev–Trinajstić information content (AvgIpc) is 2.88. The van der Waals surface area contributed by atoms with Crippen LogP contribution in [-0.4, -0.2) is 25.2 Å². The summed E-state index contributed by atoms with van der Waals surface area (Å²) in [5.74, 6) is 0.342. The second kappa shape index (κ2) is 9.37. The molecule has 1 heterocycles. The number of hydrogen-bond donors (Lipinski definition) is 1. The van der Waals surface area contributed by atoms with Gasteiger partial charge in [-0.2, -0.15) is 0 Å². The van der Waals surface area contributed by atoms with E-state index in [-0.39, 0.29) is 17.9 Å². The number of unbranched alkanes of at least 4 members (excludes halogenated alkanes) is 4. The highest BCUT2D eigenvalue weighted by molar-refractivity contribution is 5.78. The molecule has 1 aliphatic rings. The molecule has 0 aromatic carbocycles. The number of ether oxygens (including phenoxy) is 1. The van der Waals surface area contributed by atoms with E-state index in [1.54, 1.807) is 0 Å². The van der Waals surface area contributed by atoms with Crippen LogP contribution in [0.5, 0.6) is 0 Å². The molecule has 0 aromatic heterocycles. The largest absolute Gasteiger partial charge is 0.376 e. The Morgan fingerprint density at radius 2 is 2.11 bits per heavy atom. The summed E-state index contributed by atoms with van der Waals surface area (Å²) in [4.78, 5) is 11.9. The van der Waals surface area contributed by atoms with E-state index in [2.05, 4.69) is 12.2 Å². The molecular weight excluding hydrogens is 226 g/mol. The maximum atomic E-state index is 11.9. The third kappa shape index (κ3) is 6.39. The molecular formula is C15H29NO2. The summed E-state index contributed by atoms with van der Waals surface area (Å²) in [7, 11) is 0. The summed E-state index contributed by atoms with van der Waals surface area (Å²) in [5, 5.41) is 3.01. The summed E-state index contributed by atoms with van der Waals surface area (Å²) in [6.45, 7) is 5.80. The number of carbonyl (C=O) groups is 1. The standard InChI is InChI=1S/C15H29NO2/c1-3-4-5-6-7-9-13(2)15(17)16-12-14-10-8-11-18-14/h13-14H,3-12H2,1-2H3,(H,16,17)/t13?,14-/m0/s1. The molecule has 1 saturated heterocycles. The smallest absolute Gasteiger partial charge is 0.222 e. The lowest BCUT2D eigenvalue weighted by Gasteiger charge is -2.14. The highest BCUT2D eigenvalue weighted by Gasteiger charge is 2.18. The lowest BCUT2D eigenvalue weighted by atomic mass is 10.0. The van der Waals surface area contributed by atoms with Crippen LogP contribution in [0.25, 0.3) is 0 Å². The lowest BCUT2D eigenvalue weighted by Crippen LogP contribution is -2.35. The van der Waals surface area contributed by atoms with Crippen molar-refractivity contribution in [1.82, 2.24) is 5.32 Å². The highest BCUT2D eigenvalue weighted by Crippen LogP contribution is 2.13. The minimum Gasteiger partial charge on any atom is -0.376 e. The molecule has 3 nitrogen and oxygen atoms in total. The average molecular weight is 255 g/mol. The van der Waals surface area contributed by atoms with Crippen molar-refractivity contribution in [2.24, 2.45) is 5.92 Å². The fourth-order valence-electron chi connectivity index (χ4n) is 2.38. The minimum absolute atomic E-state index is 0.146. The Morgan fingerprint density at radius 3 is 2.78 bits per heavy atom. The fraction of sp³-hybridized carbons (Fsp3) is 0.933. The number of rotatable bonds is 9. The van der Waals surface area contributed by atoms with Crippen LogP contribution in [0.4, 0.5) is 0 Å². The van der Waals surface area contributed by atoms with Gasteiger partial charge in [0.15, 0.2) is 0 Å². The molecule has 1 N–H and O–H groups in total. The van der Waals surface area contributed by atoms with E-state index >= 15 is 0 Å². The molecule has 106 valence electrons. The van der Waals surface area contributed by atoms with Crippen molar-refractivity contribution in [2.75, 3.05) is 13.2 Å². The van der Waals surface area contributed by atoms with Crippen molar-refractivity contribution in [1.29, 1.82) is 0 Å². The van der Waals surface area contributed by atoms with Gasteiger partial charge in [-0.05, 0) is 19.3 Å². The van der Waals surface area contributed by atoms with Gasteiger partial charge in [0, 0.05) is 19.1 Å². The van der Waals surface area contributed by atoms with Gasteiger partial charge in [-0.15, -0.1) is 0 Å². The zero-order valence-electron chi connectivity index (χ0n) is 12.0. The van der Waals surface area contributed by atoms with Crippen LogP contribution in [0.2, 0.25) is 0 Å². The molecule has 1 fully saturated rings. The molecule has 0 spiro atoms. The molecule has 0 bridgehead atoms. The SMILES string of the molecule is CCCCCCCC(C)C(=O)NC[C@@H]1CCCO1. The van der Waals surface area contributed by atoms with E-state index in [0.717, 1.165) is 25.9 Å². The van der Waals surface area contributed by atoms with Crippen molar-refractivity contribution >= 4 is 5.91 Å². The Bertz CT molecular complexity index is 225. The van der Waals surface area contributed by atoms with Gasteiger partial charge < -0.3 is 10.1 Å². The highest BCUT2D eigenvalue weighted by atomic mass is 16.5. The lowest BCUT2D eigenvalue weighted by molar-refractivity contribution is -0.125. The van der Waals surface area contributed by atoms with E-state index in [1.807, 2.05) is 6.92 Å². The van der Waals surface area contributed by atoms with Crippen molar-refractivity contribution in [3.8, 4) is 0 Å². The van der Waals surface area contributed by atoms with Crippen LogP contribution in [-0.2, 0) is 9.53 Å². The quantitative estimate of drug-likeness (QED) is 0.642. The molecule has 0 aliphatic carbocycles. The molecule has 0 radical (unpaired) electrons. The van der Waals surface area contributed by atoms with Gasteiger partial charge in [0.1, 0.15) is 0 Å². The van der Waals surface area contributed by atoms with Crippen LogP contribution in [0.3, 0.4) is 0 Å². The van der Waals surface area contributed by atoms with Gasteiger partial charge >= 0.3 is 0 Å². The maximum absolute atomic E-state index is 11.9. The van der Waals surface area contributed by atoms with Crippen molar-refractivity contribution < 1.29 is 9.53 Å². The third-order valence-electron chi connectivity index (χ3n) is 3.72. The Labute approximate surface area is 112 Å². The third-order valence-corrected chi connectivity index (χ3v) is 3.72. The van der Waals surface area contributed by atoms with Gasteiger partial charge in [-0.3, -0.25) is 4.79 Å². The molecule has 1 amide bonds. The predicted octanol–water partition coefficient (Wildman–Crippen LogP) is 3.28. The first-order valence-corrected chi connectivity index (χ1v) is 7.63. The van der Waals surface area contributed by atoms with Gasteiger partial charge in [0.05, 0.1) is 6.10 Å². The van der Waals surface area contributed by atoms with Crippen LogP contribution >= 0.6 is 0 Å². The Hall–Kier alpha value is -0.570. The first kappa shape index (κ1) is 15.5. The van der Waals surface area contributed by atoms with E-state index in [0.29, 0.717) is 6.54 Å². The van der Waals surface area contributed by atoms with Crippen LogP contribution in [0.1, 0.15) is 65.2 Å². The normalized spacial score (nSPS) is 20.9. The summed E-state index contributed by atoms with van der Waals surface area (Å²) in [5.41, 5.74) is 0. The van der Waals surface area contributed by atoms with E-state index in [1.165, 1.54) is 32.1 Å². The van der Waals surface area contributed by atoms with Crippen LogP contribution in [0, 0.1) is 5.92 Å². The summed E-state index contributed by atoms with van der Waals surface area (Å²) in [6, 6.07) is 0. The number of hydrogen-bond acceptors (Lipinski definition) is 2. The molecule has 0 saturated carbocycles. The zero-order valence-corrected chi connectivity index (χ0v) is 12.0. The zero-order chi connectivity index (χ0) is 13.2. The van der Waals surface area contributed by atoms with Crippen LogP contribution < -0.4 is 5.32 Å². The van der Waals surface area contributed by atoms with E-state index < -0.39 is 0 Å². The molecule has 1 unspecified atom stereocenters. The summed E-state index contributed by atoms with van der Waals surface area (Å²) in [6.07, 6.45) is 9.83. The monoisotopic (exact) mass is 255 g/mol. The van der Waals surface area contributed by atoms with Gasteiger partial charge in [0.25, 0.3) is 0 Å². The maximum Gasteiger partial charge on any atom is 0.222 e. The van der Waals surface area contributed by atoms with Crippen molar-refractivity contribution in [2.45, 2.75) is 71.3 Å². The summed E-state index contributed by atoms with van der Waals surface area (Å²) >= 11 is 0. The second-order valence-electron chi connectivity index (χ2n) is 5.48. The van der Waals surface area contributed by atoms with E-state index in [9.17, 15) is 4.79 Å². The number of nitrogens with one attached hydrogen (secondary N) is 1. The molecule has 0 aromatic rings. The molecule has 1 rings (SSSR count). The molecule has 3 heteroatoms. The predicted molar refractivity (Wildman–Crippen MR) is 74.5 cm³/mol. The first-order valence-electron chi connectivity index (χ1n) is 7.63. The Morgan fingerprint density at radius 1 is 1.33 bits per heavy atom. The van der Waals surface area contributed by atoms with Gasteiger partial charge in [-0.25, -0.2) is 0 Å². The Kier molecular flexibility index (Phi) is 8.06. The topological polar surface area (TPSA) is 38.3 Å². The number of carbonyl (C=O) groups excluding carboxylic acids is 1. The molecule has 2 atom stereocenters. The Balaban J connectivity index is 2.01. The number of amides is 1. The minimum atomic E-state index is 0.146. The van der Waals surface area contributed by atoms with Gasteiger partial charge in [-0.1, -0.05) is 46.0 Å². The first-order chi connectivity index (χ1) is 8.74. The van der Waals surface area contributed by atoms with Gasteiger partial charge in [0.2, 0.25) is 5.91 Å².